The van der Waals surface area contributed by atoms with Crippen LogP contribution in [0.15, 0.2) is 158 Å². The largest absolute Gasteiger partial charge is 0.341 e. The molecule has 0 fully saturated rings. The Morgan fingerprint density at radius 1 is 0.472 bits per heavy atom. The SMILES string of the molecule is CCS(C)(Cl)CCCc1ccc(N(c2ccccc2)c2ccc(-c3ccc(N(c4ccccc4)c4ccc(CCC[Si](Cl)(Cl)Cl)cc4)cc3)cc2)cc1. The van der Waals surface area contributed by atoms with Crippen molar-refractivity contribution in [3.63, 3.8) is 0 Å². The lowest BCUT2D eigenvalue weighted by molar-refractivity contribution is 0.914. The topological polar surface area (TPSA) is 6.48 Å². The molecule has 1 unspecified atom stereocenters. The number of anilines is 6. The molecule has 53 heavy (non-hydrogen) atoms. The van der Waals surface area contributed by atoms with E-state index < -0.39 is 15.2 Å². The van der Waals surface area contributed by atoms with Gasteiger partial charge in [-0.25, -0.2) is 0 Å². The number of rotatable bonds is 16. The molecule has 0 aliphatic heterocycles. The van der Waals surface area contributed by atoms with E-state index in [0.717, 1.165) is 82.4 Å². The molecule has 0 radical (unpaired) electrons. The molecule has 0 aromatic heterocycles. The van der Waals surface area contributed by atoms with Crippen LogP contribution in [0.4, 0.5) is 34.1 Å². The zero-order valence-electron chi connectivity index (χ0n) is 30.3. The first kappa shape index (κ1) is 39.3. The molecule has 0 saturated heterocycles. The molecule has 0 amide bonds. The summed E-state index contributed by atoms with van der Waals surface area (Å²) in [6.45, 7) is 2.20. The van der Waals surface area contributed by atoms with Gasteiger partial charge >= 0.3 is 6.00 Å². The fourth-order valence-corrected chi connectivity index (χ4v) is 9.63. The van der Waals surface area contributed by atoms with E-state index in [1.807, 2.05) is 6.07 Å². The summed E-state index contributed by atoms with van der Waals surface area (Å²) in [4.78, 5) is 4.61. The first-order chi connectivity index (χ1) is 25.6. The van der Waals surface area contributed by atoms with Gasteiger partial charge in [-0.2, -0.15) is 9.24 Å². The second-order valence-electron chi connectivity index (χ2n) is 13.5. The van der Waals surface area contributed by atoms with Crippen molar-refractivity contribution in [3.05, 3.63) is 169 Å². The molecule has 0 saturated carbocycles. The third-order valence-corrected chi connectivity index (χ3v) is 15.6. The Morgan fingerprint density at radius 3 is 1.17 bits per heavy atom. The number of nitrogens with zero attached hydrogens (tertiary/aromatic N) is 2. The van der Waals surface area contributed by atoms with Crippen molar-refractivity contribution in [1.82, 2.24) is 0 Å². The standard InChI is InChI=1S/C45H46Cl4N2SSi/c1-3-52(2,46)34-10-12-36-18-26-42(27-19-36)50(40-14-6-4-7-15-40)44-30-22-38(23-31-44)39-24-32-45(33-25-39)51(41-16-8-5-9-17-41)43-28-20-37(21-29-43)13-11-35-53(47,48)49/h4-9,14-33H,3,10-13,34-35H2,1-2H3. The van der Waals surface area contributed by atoms with Crippen LogP contribution in [0.5, 0.6) is 0 Å². The quantitative estimate of drug-likeness (QED) is 0.0709. The van der Waals surface area contributed by atoms with Crippen LogP contribution in [0.3, 0.4) is 0 Å². The summed E-state index contributed by atoms with van der Waals surface area (Å²) in [5.41, 5.74) is 11.6. The second kappa shape index (κ2) is 18.3. The number of hydrogen-bond acceptors (Lipinski definition) is 2. The van der Waals surface area contributed by atoms with Gasteiger partial charge in [0.25, 0.3) is 0 Å². The maximum atomic E-state index is 6.70. The number of hydrogen-bond donors (Lipinski definition) is 0. The van der Waals surface area contributed by atoms with Crippen molar-refractivity contribution in [2.75, 3.05) is 27.6 Å². The molecular formula is C45H46Cl4N2SSi. The molecule has 2 nitrogen and oxygen atoms in total. The molecule has 6 aromatic rings. The van der Waals surface area contributed by atoms with E-state index in [2.05, 4.69) is 175 Å². The predicted molar refractivity (Wildman–Crippen MR) is 241 cm³/mol. The van der Waals surface area contributed by atoms with Crippen molar-refractivity contribution < 1.29 is 0 Å². The van der Waals surface area contributed by atoms with Crippen molar-refractivity contribution in [3.8, 4) is 11.1 Å². The van der Waals surface area contributed by atoms with E-state index >= 15 is 0 Å². The van der Waals surface area contributed by atoms with Crippen LogP contribution in [-0.2, 0) is 12.8 Å². The van der Waals surface area contributed by atoms with E-state index in [1.54, 1.807) is 0 Å². The minimum Gasteiger partial charge on any atom is -0.311 e. The minimum absolute atomic E-state index is 0.666. The van der Waals surface area contributed by atoms with Gasteiger partial charge in [-0.3, -0.25) is 0 Å². The Balaban J connectivity index is 1.20. The minimum atomic E-state index is -2.60. The van der Waals surface area contributed by atoms with Crippen LogP contribution in [0, 0.1) is 0 Å². The smallest absolute Gasteiger partial charge is 0.311 e. The normalized spacial score (nSPS) is 13.2. The summed E-state index contributed by atoms with van der Waals surface area (Å²) < 4.78 is 0. The van der Waals surface area contributed by atoms with Gasteiger partial charge in [-0.05, 0) is 145 Å². The van der Waals surface area contributed by atoms with Crippen molar-refractivity contribution >= 4 is 93.3 Å². The van der Waals surface area contributed by atoms with Gasteiger partial charge in [-0.1, -0.05) is 103 Å². The van der Waals surface area contributed by atoms with E-state index in [4.69, 9.17) is 43.9 Å². The van der Waals surface area contributed by atoms with Crippen molar-refractivity contribution in [2.24, 2.45) is 0 Å². The fraction of sp³-hybridized carbons (Fsp3) is 0.200. The Labute approximate surface area is 337 Å². The summed E-state index contributed by atoms with van der Waals surface area (Å²) in [6.07, 6.45) is 6.15. The lowest BCUT2D eigenvalue weighted by Crippen LogP contribution is -2.10. The molecule has 1 atom stereocenters. The molecule has 0 N–H and O–H groups in total. The maximum absolute atomic E-state index is 6.70. The predicted octanol–water partition coefficient (Wildman–Crippen LogP) is 15.4. The van der Waals surface area contributed by atoms with Gasteiger partial charge in [0, 0.05) is 34.1 Å². The molecular weight excluding hydrogens is 770 g/mol. The summed E-state index contributed by atoms with van der Waals surface area (Å²) in [5.74, 6) is 2.16. The van der Waals surface area contributed by atoms with E-state index in [1.165, 1.54) is 11.1 Å². The Hall–Kier alpha value is -3.35. The zero-order chi connectivity index (χ0) is 37.3. The summed E-state index contributed by atoms with van der Waals surface area (Å²) in [5, 5.41) is 0. The average Bonchev–Trinajstić information content (AvgIpc) is 3.17. The summed E-state index contributed by atoms with van der Waals surface area (Å²) in [6, 6.07) is 54.5. The molecule has 0 aliphatic carbocycles. The third-order valence-electron chi connectivity index (χ3n) is 9.57. The van der Waals surface area contributed by atoms with E-state index in [-0.39, 0.29) is 0 Å². The molecule has 6 aromatic carbocycles. The maximum Gasteiger partial charge on any atom is 0.341 e. The van der Waals surface area contributed by atoms with Gasteiger partial charge in [0.2, 0.25) is 0 Å². The third kappa shape index (κ3) is 11.1. The number of aryl methyl sites for hydroxylation is 2. The summed E-state index contributed by atoms with van der Waals surface area (Å²) in [7, 11) is 5.71. The molecule has 6 rings (SSSR count). The van der Waals surface area contributed by atoms with Gasteiger partial charge in [0.05, 0.1) is 0 Å². The first-order valence-corrected chi connectivity index (χ1v) is 26.6. The van der Waals surface area contributed by atoms with Crippen molar-refractivity contribution in [2.45, 2.75) is 38.7 Å². The zero-order valence-corrected chi connectivity index (χ0v) is 35.1. The highest BCUT2D eigenvalue weighted by Crippen LogP contribution is 2.49. The second-order valence-corrected chi connectivity index (χ2v) is 28.3. The molecule has 0 spiro atoms. The fourth-order valence-electron chi connectivity index (χ4n) is 6.49. The lowest BCUT2D eigenvalue weighted by atomic mass is 10.0. The molecule has 0 heterocycles. The highest BCUT2D eigenvalue weighted by atomic mass is 35.8. The first-order valence-electron chi connectivity index (χ1n) is 18.2. The van der Waals surface area contributed by atoms with Gasteiger partial charge < -0.3 is 9.80 Å². The van der Waals surface area contributed by atoms with Crippen LogP contribution in [0.25, 0.3) is 11.1 Å². The average molecular weight is 817 g/mol. The van der Waals surface area contributed by atoms with Crippen LogP contribution < -0.4 is 9.80 Å². The molecule has 274 valence electrons. The molecule has 0 bridgehead atoms. The van der Waals surface area contributed by atoms with Crippen LogP contribution >= 0.6 is 53.2 Å². The number of halogens is 4. The highest BCUT2D eigenvalue weighted by molar-refractivity contribution is 8.50. The monoisotopic (exact) mass is 814 g/mol. The lowest BCUT2D eigenvalue weighted by Gasteiger charge is -2.27. The van der Waals surface area contributed by atoms with E-state index in [0.29, 0.717) is 6.04 Å². The molecule has 0 aliphatic rings. The van der Waals surface area contributed by atoms with Crippen molar-refractivity contribution in [1.29, 1.82) is 0 Å². The Kier molecular flexibility index (Phi) is 13.6. The molecule has 8 heteroatoms. The summed E-state index contributed by atoms with van der Waals surface area (Å²) >= 11 is 18.3. The van der Waals surface area contributed by atoms with Gasteiger partial charge in [0.1, 0.15) is 0 Å². The van der Waals surface area contributed by atoms with Gasteiger partial charge in [-0.15, -0.1) is 33.2 Å². The Morgan fingerprint density at radius 2 is 0.811 bits per heavy atom. The Bertz CT molecular complexity index is 2000. The number of benzene rings is 6. The van der Waals surface area contributed by atoms with Gasteiger partial charge in [0.15, 0.2) is 0 Å². The van der Waals surface area contributed by atoms with E-state index in [9.17, 15) is 0 Å². The van der Waals surface area contributed by atoms with Crippen LogP contribution in [0.2, 0.25) is 6.04 Å². The highest BCUT2D eigenvalue weighted by Gasteiger charge is 2.24. The van der Waals surface area contributed by atoms with Crippen LogP contribution in [0.1, 0.15) is 30.9 Å². The number of para-hydroxylation sites is 2. The van der Waals surface area contributed by atoms with Crippen LogP contribution in [-0.4, -0.2) is 23.8 Å².